The molecule has 0 radical (unpaired) electrons. The van der Waals surface area contributed by atoms with Crippen LogP contribution < -0.4 is 10.2 Å². The second kappa shape index (κ2) is 4.37. The summed E-state index contributed by atoms with van der Waals surface area (Å²) < 4.78 is 39.3. The molecule has 19 heavy (non-hydrogen) atoms. The molecule has 1 aliphatic heterocycles. The number of nitrogens with zero attached hydrogens (tertiary/aromatic N) is 4. The van der Waals surface area contributed by atoms with E-state index in [1.165, 1.54) is 16.9 Å². The average molecular weight is 271 g/mol. The lowest BCUT2D eigenvalue weighted by molar-refractivity contribution is -0.141. The van der Waals surface area contributed by atoms with Crippen molar-refractivity contribution in [1.29, 1.82) is 0 Å². The van der Waals surface area contributed by atoms with E-state index in [0.717, 1.165) is 32.2 Å². The van der Waals surface area contributed by atoms with Crippen LogP contribution in [-0.2, 0) is 6.18 Å². The molecule has 102 valence electrons. The van der Waals surface area contributed by atoms with Crippen LogP contribution in [0.15, 0.2) is 18.5 Å². The highest BCUT2D eigenvalue weighted by molar-refractivity contribution is 5.69. The molecule has 3 heterocycles. The van der Waals surface area contributed by atoms with Gasteiger partial charge < -0.3 is 10.2 Å². The van der Waals surface area contributed by atoms with Gasteiger partial charge in [-0.1, -0.05) is 0 Å². The quantitative estimate of drug-likeness (QED) is 0.845. The molecule has 1 aliphatic rings. The third kappa shape index (κ3) is 2.23. The fraction of sp³-hybridized carbons (Fsp3) is 0.455. The number of alkyl halides is 3. The van der Waals surface area contributed by atoms with Gasteiger partial charge in [-0.3, -0.25) is 0 Å². The highest BCUT2D eigenvalue weighted by Gasteiger charge is 2.34. The maximum absolute atomic E-state index is 12.7. The molecule has 1 fully saturated rings. The van der Waals surface area contributed by atoms with E-state index in [9.17, 15) is 13.2 Å². The first-order valence-corrected chi connectivity index (χ1v) is 5.93. The lowest BCUT2D eigenvalue weighted by Crippen LogP contribution is -2.44. The molecule has 1 N–H and O–H groups in total. The van der Waals surface area contributed by atoms with E-state index >= 15 is 0 Å². The fourth-order valence-electron chi connectivity index (χ4n) is 2.17. The van der Waals surface area contributed by atoms with E-state index in [1.807, 2.05) is 4.90 Å². The summed E-state index contributed by atoms with van der Waals surface area (Å²) in [5.41, 5.74) is -0.506. The van der Waals surface area contributed by atoms with E-state index in [4.69, 9.17) is 0 Å². The Labute approximate surface area is 107 Å². The number of nitrogens with one attached hydrogen (secondary N) is 1. The smallest absolute Gasteiger partial charge is 0.352 e. The minimum Gasteiger partial charge on any atom is -0.352 e. The van der Waals surface area contributed by atoms with Crippen molar-refractivity contribution in [2.45, 2.75) is 6.18 Å². The van der Waals surface area contributed by atoms with Crippen molar-refractivity contribution in [1.82, 2.24) is 19.9 Å². The van der Waals surface area contributed by atoms with Gasteiger partial charge in [0.05, 0.1) is 0 Å². The molecule has 5 nitrogen and oxygen atoms in total. The monoisotopic (exact) mass is 271 g/mol. The molecule has 1 saturated heterocycles. The van der Waals surface area contributed by atoms with Crippen LogP contribution >= 0.6 is 0 Å². The lowest BCUT2D eigenvalue weighted by atomic mass is 10.3. The fourth-order valence-corrected chi connectivity index (χ4v) is 2.17. The largest absolute Gasteiger partial charge is 0.435 e. The Morgan fingerprint density at radius 1 is 1.21 bits per heavy atom. The van der Waals surface area contributed by atoms with Crippen molar-refractivity contribution in [3.63, 3.8) is 0 Å². The number of hydrogen-bond acceptors (Lipinski definition) is 4. The van der Waals surface area contributed by atoms with Crippen molar-refractivity contribution < 1.29 is 13.2 Å². The Morgan fingerprint density at radius 3 is 2.63 bits per heavy atom. The normalized spacial score (nSPS) is 17.1. The summed E-state index contributed by atoms with van der Waals surface area (Å²) in [7, 11) is 0. The lowest BCUT2D eigenvalue weighted by Gasteiger charge is -2.28. The van der Waals surface area contributed by atoms with Crippen LogP contribution in [0.3, 0.4) is 0 Å². The summed E-state index contributed by atoms with van der Waals surface area (Å²) >= 11 is 0. The minimum atomic E-state index is -4.44. The van der Waals surface area contributed by atoms with Crippen LogP contribution in [0.2, 0.25) is 0 Å². The molecular weight excluding hydrogens is 259 g/mol. The van der Waals surface area contributed by atoms with Gasteiger partial charge in [-0.25, -0.2) is 9.50 Å². The van der Waals surface area contributed by atoms with E-state index < -0.39 is 11.9 Å². The number of rotatable bonds is 1. The van der Waals surface area contributed by atoms with Crippen LogP contribution in [0.25, 0.3) is 5.52 Å². The molecule has 0 atom stereocenters. The Morgan fingerprint density at radius 2 is 1.95 bits per heavy atom. The van der Waals surface area contributed by atoms with Gasteiger partial charge in [0.1, 0.15) is 5.52 Å². The second-order valence-corrected chi connectivity index (χ2v) is 4.35. The number of hydrogen-bond donors (Lipinski definition) is 1. The molecule has 2 aromatic heterocycles. The van der Waals surface area contributed by atoms with Crippen molar-refractivity contribution in [2.24, 2.45) is 0 Å². The van der Waals surface area contributed by atoms with Crippen LogP contribution in [-0.4, -0.2) is 40.8 Å². The molecule has 0 unspecified atom stereocenters. The maximum Gasteiger partial charge on any atom is 0.435 e. The first-order valence-electron chi connectivity index (χ1n) is 5.93. The SMILES string of the molecule is FC(F)(F)c1cc2c(N3CCNCC3)nccn2n1. The molecule has 0 saturated carbocycles. The molecule has 2 aromatic rings. The standard InChI is InChI=1S/C11H12F3N5/c12-11(13,14)9-7-8-10(16-3-6-19(8)17-9)18-4-1-15-2-5-18/h3,6-7,15H,1-2,4-5H2. The summed E-state index contributed by atoms with van der Waals surface area (Å²) in [5, 5.41) is 6.74. The number of aromatic nitrogens is 3. The van der Waals surface area contributed by atoms with E-state index in [0.29, 0.717) is 11.3 Å². The molecule has 3 rings (SSSR count). The van der Waals surface area contributed by atoms with Crippen molar-refractivity contribution in [2.75, 3.05) is 31.1 Å². The molecule has 0 bridgehead atoms. The van der Waals surface area contributed by atoms with Crippen molar-refractivity contribution >= 4 is 11.3 Å². The number of fused-ring (bicyclic) bond motifs is 1. The zero-order valence-corrected chi connectivity index (χ0v) is 9.98. The topological polar surface area (TPSA) is 45.5 Å². The predicted molar refractivity (Wildman–Crippen MR) is 63.1 cm³/mol. The van der Waals surface area contributed by atoms with Gasteiger partial charge in [0.25, 0.3) is 0 Å². The van der Waals surface area contributed by atoms with E-state index in [2.05, 4.69) is 15.4 Å². The first-order chi connectivity index (χ1) is 9.05. The third-order valence-electron chi connectivity index (χ3n) is 3.08. The number of halogens is 3. The highest BCUT2D eigenvalue weighted by Crippen LogP contribution is 2.30. The highest BCUT2D eigenvalue weighted by atomic mass is 19.4. The van der Waals surface area contributed by atoms with Gasteiger partial charge in [0.2, 0.25) is 0 Å². The Kier molecular flexibility index (Phi) is 2.81. The molecule has 0 spiro atoms. The second-order valence-electron chi connectivity index (χ2n) is 4.35. The minimum absolute atomic E-state index is 0.386. The van der Waals surface area contributed by atoms with Crippen LogP contribution in [0.4, 0.5) is 19.0 Å². The zero-order chi connectivity index (χ0) is 13.5. The van der Waals surface area contributed by atoms with Gasteiger partial charge in [-0.15, -0.1) is 0 Å². The maximum atomic E-state index is 12.7. The van der Waals surface area contributed by atoms with E-state index in [1.54, 1.807) is 0 Å². The van der Waals surface area contributed by atoms with Crippen molar-refractivity contribution in [3.05, 3.63) is 24.2 Å². The average Bonchev–Trinajstić information content (AvgIpc) is 2.83. The molecule has 0 amide bonds. The Hall–Kier alpha value is -1.83. The first kappa shape index (κ1) is 12.2. The predicted octanol–water partition coefficient (Wildman–Crippen LogP) is 1.16. The summed E-state index contributed by atoms with van der Waals surface area (Å²) in [6, 6.07) is 1.05. The van der Waals surface area contributed by atoms with Crippen molar-refractivity contribution in [3.8, 4) is 0 Å². The zero-order valence-electron chi connectivity index (χ0n) is 9.98. The van der Waals surface area contributed by atoms with Crippen LogP contribution in [0.1, 0.15) is 5.69 Å². The van der Waals surface area contributed by atoms with Crippen LogP contribution in [0, 0.1) is 0 Å². The molecule has 8 heteroatoms. The summed E-state index contributed by atoms with van der Waals surface area (Å²) in [6.45, 7) is 3.03. The van der Waals surface area contributed by atoms with Crippen LogP contribution in [0.5, 0.6) is 0 Å². The van der Waals surface area contributed by atoms with Gasteiger partial charge in [0, 0.05) is 44.6 Å². The molecule has 0 aromatic carbocycles. The van der Waals surface area contributed by atoms with Gasteiger partial charge in [-0.2, -0.15) is 18.3 Å². The summed E-state index contributed by atoms with van der Waals surface area (Å²) in [4.78, 5) is 6.16. The number of piperazine rings is 1. The van der Waals surface area contributed by atoms with Gasteiger partial charge >= 0.3 is 6.18 Å². The third-order valence-corrected chi connectivity index (χ3v) is 3.08. The Bertz CT molecular complexity index is 586. The van der Waals surface area contributed by atoms with Gasteiger partial charge in [-0.05, 0) is 0 Å². The summed E-state index contributed by atoms with van der Waals surface area (Å²) in [6.07, 6.45) is -1.54. The van der Waals surface area contributed by atoms with Gasteiger partial charge in [0.15, 0.2) is 11.5 Å². The number of anilines is 1. The summed E-state index contributed by atoms with van der Waals surface area (Å²) in [5.74, 6) is 0.548. The molecule has 0 aliphatic carbocycles. The molecular formula is C11H12F3N5. The van der Waals surface area contributed by atoms with E-state index in [-0.39, 0.29) is 0 Å². The Balaban J connectivity index is 2.07.